The maximum atomic E-state index is 12.6. The number of benzene rings is 2. The molecule has 0 saturated heterocycles. The van der Waals surface area contributed by atoms with Gasteiger partial charge in [-0.2, -0.15) is 0 Å². The van der Waals surface area contributed by atoms with Crippen LogP contribution in [0.4, 0.5) is 4.79 Å². The molecule has 2 aromatic rings. The number of hydrogen-bond acceptors (Lipinski definition) is 4. The molecule has 2 fully saturated rings. The minimum Gasteiger partial charge on any atom is -0.479 e. The van der Waals surface area contributed by atoms with E-state index in [0.29, 0.717) is 25.7 Å². The summed E-state index contributed by atoms with van der Waals surface area (Å²) in [7, 11) is 1.59. The smallest absolute Gasteiger partial charge is 0.407 e. The topological polar surface area (TPSA) is 95.9 Å². The third-order valence-corrected chi connectivity index (χ3v) is 7.81. The summed E-state index contributed by atoms with van der Waals surface area (Å²) in [4.78, 5) is 38.1. The molecule has 5 rings (SSSR count). The van der Waals surface area contributed by atoms with E-state index >= 15 is 0 Å². The molecule has 2 aromatic carbocycles. The van der Waals surface area contributed by atoms with E-state index in [4.69, 9.17) is 4.74 Å². The Hall–Kier alpha value is -3.35. The fourth-order valence-electron chi connectivity index (χ4n) is 5.63. The first-order valence-corrected chi connectivity index (χ1v) is 12.0. The van der Waals surface area contributed by atoms with Crippen molar-refractivity contribution in [2.24, 2.45) is 5.92 Å². The van der Waals surface area contributed by atoms with Crippen molar-refractivity contribution >= 4 is 18.0 Å². The number of nitrogens with one attached hydrogen (secondary N) is 1. The molecule has 7 heteroatoms. The second-order valence-corrected chi connectivity index (χ2v) is 9.84. The van der Waals surface area contributed by atoms with Gasteiger partial charge in [0.25, 0.3) is 0 Å². The highest BCUT2D eigenvalue weighted by molar-refractivity contribution is 5.89. The quantitative estimate of drug-likeness (QED) is 0.644. The molecule has 0 unspecified atom stereocenters. The molecule has 2 N–H and O–H groups in total. The summed E-state index contributed by atoms with van der Waals surface area (Å²) in [6.45, 7) is 0.274. The first kappa shape index (κ1) is 22.4. The molecule has 3 aliphatic rings. The van der Waals surface area contributed by atoms with Gasteiger partial charge in [0.2, 0.25) is 5.91 Å². The Kier molecular flexibility index (Phi) is 5.80. The van der Waals surface area contributed by atoms with Crippen LogP contribution >= 0.6 is 0 Å². The Labute approximate surface area is 199 Å². The number of nitrogens with zero attached hydrogens (tertiary/aromatic N) is 1. The average Bonchev–Trinajstić information content (AvgIpc) is 3.45. The zero-order valence-electron chi connectivity index (χ0n) is 19.3. The number of amides is 2. The minimum absolute atomic E-state index is 0.0200. The standard InChI is InChI=1S/C27H30N2O5/c1-29(27(12-13-27)25(31)32)24(30)15-17-10-11-18(14-17)28-26(33)34-16-23-21-8-4-2-6-19(21)20-7-3-5-9-22(20)23/h2-9,17-18,23H,10-16H2,1H3,(H,28,33)(H,31,32)/t17-,18+/m0/s1. The van der Waals surface area contributed by atoms with Crippen LogP contribution in [0.5, 0.6) is 0 Å². The Morgan fingerprint density at radius 1 is 1.03 bits per heavy atom. The largest absolute Gasteiger partial charge is 0.479 e. The van der Waals surface area contributed by atoms with Crippen LogP contribution in [0.15, 0.2) is 48.5 Å². The highest BCUT2D eigenvalue weighted by Gasteiger charge is 2.55. The van der Waals surface area contributed by atoms with E-state index in [0.717, 1.165) is 12.8 Å². The number of carboxylic acid groups (broad SMARTS) is 1. The van der Waals surface area contributed by atoms with Crippen molar-refractivity contribution in [2.45, 2.75) is 56.0 Å². The van der Waals surface area contributed by atoms with Crippen molar-refractivity contribution in [3.63, 3.8) is 0 Å². The van der Waals surface area contributed by atoms with Gasteiger partial charge >= 0.3 is 12.1 Å². The van der Waals surface area contributed by atoms with Gasteiger partial charge < -0.3 is 20.1 Å². The average molecular weight is 463 g/mol. The highest BCUT2D eigenvalue weighted by atomic mass is 16.5. The van der Waals surface area contributed by atoms with Gasteiger partial charge in [0.15, 0.2) is 0 Å². The monoisotopic (exact) mass is 462 g/mol. The Balaban J connectivity index is 1.12. The van der Waals surface area contributed by atoms with Crippen LogP contribution in [0.2, 0.25) is 0 Å². The Bertz CT molecular complexity index is 1080. The van der Waals surface area contributed by atoms with Crippen molar-refractivity contribution in [1.82, 2.24) is 10.2 Å². The maximum absolute atomic E-state index is 12.6. The molecular weight excluding hydrogens is 432 g/mol. The number of carbonyl (C=O) groups excluding carboxylic acids is 2. The molecule has 2 saturated carbocycles. The van der Waals surface area contributed by atoms with Crippen LogP contribution in [0.1, 0.15) is 55.6 Å². The van der Waals surface area contributed by atoms with E-state index in [2.05, 4.69) is 29.6 Å². The van der Waals surface area contributed by atoms with Crippen molar-refractivity contribution in [2.75, 3.05) is 13.7 Å². The van der Waals surface area contributed by atoms with Gasteiger partial charge in [-0.1, -0.05) is 48.5 Å². The van der Waals surface area contributed by atoms with Gasteiger partial charge in [0.05, 0.1) is 0 Å². The fourth-order valence-corrected chi connectivity index (χ4v) is 5.63. The van der Waals surface area contributed by atoms with Gasteiger partial charge in [-0.15, -0.1) is 0 Å². The van der Waals surface area contributed by atoms with Gasteiger partial charge in [-0.3, -0.25) is 4.79 Å². The van der Waals surface area contributed by atoms with E-state index in [9.17, 15) is 19.5 Å². The van der Waals surface area contributed by atoms with Crippen LogP contribution in [0, 0.1) is 5.92 Å². The molecule has 0 aromatic heterocycles. The Morgan fingerprint density at radius 3 is 2.24 bits per heavy atom. The molecule has 34 heavy (non-hydrogen) atoms. The van der Waals surface area contributed by atoms with Crippen LogP contribution in [0.3, 0.4) is 0 Å². The molecule has 0 radical (unpaired) electrons. The molecule has 0 spiro atoms. The van der Waals surface area contributed by atoms with E-state index in [-0.39, 0.29) is 30.4 Å². The SMILES string of the molecule is CN(C(=O)C[C@H]1CC[C@@H](NC(=O)OCC2c3ccccc3-c3ccccc32)C1)C1(C(=O)O)CC1. The number of fused-ring (bicyclic) bond motifs is 3. The number of ether oxygens (including phenoxy) is 1. The fraction of sp³-hybridized carbons (Fsp3) is 0.444. The molecule has 0 aliphatic heterocycles. The predicted molar refractivity (Wildman–Crippen MR) is 126 cm³/mol. The first-order chi connectivity index (χ1) is 16.4. The maximum Gasteiger partial charge on any atom is 0.407 e. The van der Waals surface area contributed by atoms with Crippen LogP contribution in [-0.4, -0.2) is 53.2 Å². The van der Waals surface area contributed by atoms with Crippen molar-refractivity contribution in [1.29, 1.82) is 0 Å². The third-order valence-electron chi connectivity index (χ3n) is 7.81. The predicted octanol–water partition coefficient (Wildman–Crippen LogP) is 4.16. The second kappa shape index (κ2) is 8.78. The summed E-state index contributed by atoms with van der Waals surface area (Å²) < 4.78 is 5.64. The summed E-state index contributed by atoms with van der Waals surface area (Å²) in [5, 5.41) is 12.4. The van der Waals surface area contributed by atoms with E-state index < -0.39 is 17.6 Å². The lowest BCUT2D eigenvalue weighted by molar-refractivity contribution is -0.151. The summed E-state index contributed by atoms with van der Waals surface area (Å²) >= 11 is 0. The van der Waals surface area contributed by atoms with E-state index in [1.54, 1.807) is 7.05 Å². The lowest BCUT2D eigenvalue weighted by Crippen LogP contribution is -2.45. The normalized spacial score (nSPS) is 21.9. The van der Waals surface area contributed by atoms with Gasteiger partial charge in [0.1, 0.15) is 12.1 Å². The minimum atomic E-state index is -1.01. The number of aliphatic carboxylic acids is 1. The molecule has 7 nitrogen and oxygen atoms in total. The van der Waals surface area contributed by atoms with Gasteiger partial charge in [0, 0.05) is 25.4 Å². The van der Waals surface area contributed by atoms with E-state index in [1.807, 2.05) is 24.3 Å². The van der Waals surface area contributed by atoms with Crippen LogP contribution < -0.4 is 5.32 Å². The van der Waals surface area contributed by atoms with Gasteiger partial charge in [-0.05, 0) is 60.3 Å². The summed E-state index contributed by atoms with van der Waals surface area (Å²) in [6.07, 6.45) is 3.23. The number of carboxylic acids is 1. The number of hydrogen-bond donors (Lipinski definition) is 2. The van der Waals surface area contributed by atoms with Crippen molar-refractivity contribution in [3.05, 3.63) is 59.7 Å². The molecular formula is C27H30N2O5. The van der Waals surface area contributed by atoms with Crippen LogP contribution in [0.25, 0.3) is 11.1 Å². The molecule has 2 amide bonds. The van der Waals surface area contributed by atoms with Gasteiger partial charge in [-0.25, -0.2) is 9.59 Å². The number of carbonyl (C=O) groups is 3. The highest BCUT2D eigenvalue weighted by Crippen LogP contribution is 2.45. The van der Waals surface area contributed by atoms with Crippen LogP contribution in [-0.2, 0) is 14.3 Å². The lowest BCUT2D eigenvalue weighted by Gasteiger charge is -2.25. The zero-order valence-corrected chi connectivity index (χ0v) is 19.3. The Morgan fingerprint density at radius 2 is 1.65 bits per heavy atom. The summed E-state index contributed by atoms with van der Waals surface area (Å²) in [5.41, 5.74) is 3.73. The molecule has 2 atom stereocenters. The molecule has 0 bridgehead atoms. The van der Waals surface area contributed by atoms with Crippen molar-refractivity contribution < 1.29 is 24.2 Å². The summed E-state index contributed by atoms with van der Waals surface area (Å²) in [5.74, 6) is -0.902. The van der Waals surface area contributed by atoms with Crippen molar-refractivity contribution in [3.8, 4) is 11.1 Å². The third kappa shape index (κ3) is 4.04. The molecule has 178 valence electrons. The number of likely N-dealkylation sites (N-methyl/N-ethyl adjacent to an activating group) is 1. The second-order valence-electron chi connectivity index (χ2n) is 9.84. The zero-order chi connectivity index (χ0) is 23.9. The first-order valence-electron chi connectivity index (χ1n) is 12.0. The number of rotatable bonds is 7. The number of alkyl carbamates (subject to hydrolysis) is 1. The molecule has 3 aliphatic carbocycles. The van der Waals surface area contributed by atoms with E-state index in [1.165, 1.54) is 27.2 Å². The summed E-state index contributed by atoms with van der Waals surface area (Å²) in [6, 6.07) is 16.4. The lowest BCUT2D eigenvalue weighted by atomic mass is 9.98. The molecule has 0 heterocycles.